The van der Waals surface area contributed by atoms with Crippen molar-refractivity contribution in [1.82, 2.24) is 5.32 Å². The lowest BCUT2D eigenvalue weighted by Gasteiger charge is -2.26. The third-order valence-corrected chi connectivity index (χ3v) is 6.71. The van der Waals surface area contributed by atoms with E-state index >= 15 is 0 Å². The topological polar surface area (TPSA) is 113 Å². The van der Waals surface area contributed by atoms with Crippen LogP contribution < -0.4 is 5.32 Å². The molecule has 0 bridgehead atoms. The maximum Gasteiger partial charge on any atom is 0.328 e. The number of carbonyl (C=O) groups excluding carboxylic acids is 2. The number of nitrogens with one attached hydrogen (secondary N) is 1. The molecule has 0 aliphatic heterocycles. The van der Waals surface area contributed by atoms with Crippen LogP contribution in [0.25, 0.3) is 0 Å². The van der Waals surface area contributed by atoms with Gasteiger partial charge in [0.25, 0.3) is 0 Å². The minimum absolute atomic E-state index is 0.0177. The van der Waals surface area contributed by atoms with Gasteiger partial charge in [0.2, 0.25) is 6.41 Å². The molecule has 0 saturated heterocycles. The van der Waals surface area contributed by atoms with Crippen molar-refractivity contribution < 1.29 is 33.4 Å². The fourth-order valence-corrected chi connectivity index (χ4v) is 4.53. The molecule has 36 heavy (non-hydrogen) atoms. The van der Waals surface area contributed by atoms with E-state index in [0.29, 0.717) is 25.7 Å². The third kappa shape index (κ3) is 17.7. The zero-order valence-electron chi connectivity index (χ0n) is 26.0. The summed E-state index contributed by atoms with van der Waals surface area (Å²) < 4.78 is 28.4. The van der Waals surface area contributed by atoms with Gasteiger partial charge in [0.15, 0.2) is 0 Å². The Morgan fingerprint density at radius 2 is 1.42 bits per heavy atom. The molecule has 1 amide bonds. The molecule has 0 radical (unpaired) electrons. The number of unbranched alkanes of at least 4 members (excludes halogenated alkanes) is 11. The van der Waals surface area contributed by atoms with Crippen molar-refractivity contribution in [2.24, 2.45) is 11.8 Å². The Kier molecular flexibility index (Phi) is 18.1. The Labute approximate surface area is 224 Å². The molecule has 212 valence electrons. The lowest BCUT2D eigenvalue weighted by atomic mass is 9.90. The zero-order chi connectivity index (χ0) is 29.7. The van der Waals surface area contributed by atoms with Crippen molar-refractivity contribution in [2.75, 3.05) is 0 Å². The summed E-state index contributed by atoms with van der Waals surface area (Å²) in [7, 11) is 0. The van der Waals surface area contributed by atoms with Crippen molar-refractivity contribution >= 4 is 18.3 Å². The molecule has 0 heterocycles. The van der Waals surface area contributed by atoms with E-state index in [4.69, 9.17) is 8.85 Å². The number of hydrogen-bond donors (Lipinski definition) is 3. The van der Waals surface area contributed by atoms with Crippen LogP contribution in [0.2, 0.25) is 0 Å². The van der Waals surface area contributed by atoms with Gasteiger partial charge in [-0.15, -0.1) is 0 Å². The molecule has 0 aliphatic rings. The molecular formula is C29H55NO6. The summed E-state index contributed by atoms with van der Waals surface area (Å²) in [4.78, 5) is 36.0. The van der Waals surface area contributed by atoms with Gasteiger partial charge in [-0.05, 0) is 31.6 Å². The standard InChI is InChI=1S/C29H55NO6/c1-5-7-9-11-12-13-14-15-16-18-24(36-29(35)26(30-22-31)20-23(3)4)21-27(32)25(28(33)34)19-17-10-8-6-2/h22-27,32H,5-21H2,1-4H3,(H,30,31)(H,33,34)/t24-,25-,26-,27-/m0/s1/i3D3/t23?,24-,25-,26-,27-. The quantitative estimate of drug-likeness (QED) is 0.0735. The highest BCUT2D eigenvalue weighted by atomic mass is 16.5. The fraction of sp³-hybridized carbons (Fsp3) is 0.897. The molecule has 3 N–H and O–H groups in total. The Morgan fingerprint density at radius 1 is 0.889 bits per heavy atom. The lowest BCUT2D eigenvalue weighted by molar-refractivity contribution is -0.156. The van der Waals surface area contributed by atoms with Gasteiger partial charge in [-0.3, -0.25) is 9.59 Å². The molecule has 0 aromatic carbocycles. The lowest BCUT2D eigenvalue weighted by Crippen LogP contribution is -2.41. The summed E-state index contributed by atoms with van der Waals surface area (Å²) in [5.74, 6) is -3.63. The third-order valence-electron chi connectivity index (χ3n) is 6.71. The summed E-state index contributed by atoms with van der Waals surface area (Å²) in [6, 6.07) is -1.13. The molecule has 7 nitrogen and oxygen atoms in total. The largest absolute Gasteiger partial charge is 0.481 e. The number of aliphatic hydroxyl groups is 1. The number of esters is 1. The van der Waals surface area contributed by atoms with Crippen LogP contribution in [0.5, 0.6) is 0 Å². The molecule has 0 saturated carbocycles. The minimum Gasteiger partial charge on any atom is -0.481 e. The molecule has 7 heteroatoms. The average Bonchev–Trinajstić information content (AvgIpc) is 2.86. The van der Waals surface area contributed by atoms with Crippen LogP contribution in [0, 0.1) is 11.8 Å². The van der Waals surface area contributed by atoms with Crippen LogP contribution in [-0.2, 0) is 19.1 Å². The molecule has 0 fully saturated rings. The molecule has 0 aromatic heterocycles. The van der Waals surface area contributed by atoms with Gasteiger partial charge in [0, 0.05) is 10.5 Å². The highest BCUT2D eigenvalue weighted by Gasteiger charge is 2.31. The van der Waals surface area contributed by atoms with Gasteiger partial charge in [0.05, 0.1) is 12.0 Å². The smallest absolute Gasteiger partial charge is 0.328 e. The van der Waals surface area contributed by atoms with Crippen molar-refractivity contribution in [3.8, 4) is 0 Å². The second kappa shape index (κ2) is 22.6. The summed E-state index contributed by atoms with van der Waals surface area (Å²) in [6.07, 6.45) is 12.8. The van der Waals surface area contributed by atoms with Gasteiger partial charge >= 0.3 is 11.9 Å². The molecule has 0 aliphatic carbocycles. The normalized spacial score (nSPS) is 17.1. The second-order valence-electron chi connectivity index (χ2n) is 10.2. The maximum absolute atomic E-state index is 13.0. The van der Waals surface area contributed by atoms with Crippen molar-refractivity contribution in [3.63, 3.8) is 0 Å². The number of aliphatic carboxylic acids is 1. The fourth-order valence-electron chi connectivity index (χ4n) is 4.53. The highest BCUT2D eigenvalue weighted by Crippen LogP contribution is 2.23. The summed E-state index contributed by atoms with van der Waals surface area (Å²) in [5, 5.41) is 22.9. The second-order valence-corrected chi connectivity index (χ2v) is 10.2. The van der Waals surface area contributed by atoms with Gasteiger partial charge in [0.1, 0.15) is 12.1 Å². The molecule has 1 unspecified atom stereocenters. The number of amides is 1. The van der Waals surface area contributed by atoms with E-state index in [9.17, 15) is 24.6 Å². The van der Waals surface area contributed by atoms with E-state index in [-0.39, 0.29) is 12.8 Å². The number of carbonyl (C=O) groups is 3. The van der Waals surface area contributed by atoms with E-state index in [1.54, 1.807) is 0 Å². The van der Waals surface area contributed by atoms with E-state index in [2.05, 4.69) is 19.2 Å². The van der Waals surface area contributed by atoms with Gasteiger partial charge in [-0.1, -0.05) is 105 Å². The zero-order valence-corrected chi connectivity index (χ0v) is 23.0. The Bertz CT molecular complexity index is 661. The summed E-state index contributed by atoms with van der Waals surface area (Å²) in [5.41, 5.74) is 0. The SMILES string of the molecule is [2H]C([2H])([2H])C(C)C[C@H](NC=O)C(=O)O[C@@H](CCCCCCCCCCC)C[C@H](O)[C@H](CCCCCC)C(=O)O. The summed E-state index contributed by atoms with van der Waals surface area (Å²) in [6.45, 7) is 3.46. The molecule has 0 spiro atoms. The van der Waals surface area contributed by atoms with E-state index in [1.165, 1.54) is 39.0 Å². The van der Waals surface area contributed by atoms with Crippen LogP contribution in [0.4, 0.5) is 0 Å². The van der Waals surface area contributed by atoms with Crippen LogP contribution in [0.3, 0.4) is 0 Å². The van der Waals surface area contributed by atoms with Gasteiger partial charge < -0.3 is 20.3 Å². The molecule has 5 atom stereocenters. The number of aliphatic hydroxyl groups excluding tert-OH is 1. The van der Waals surface area contributed by atoms with Crippen molar-refractivity contribution in [2.45, 2.75) is 155 Å². The van der Waals surface area contributed by atoms with Gasteiger partial charge in [-0.25, -0.2) is 4.79 Å². The van der Waals surface area contributed by atoms with Crippen LogP contribution in [0.1, 0.15) is 141 Å². The molecule has 0 aromatic rings. The molecule has 0 rings (SSSR count). The average molecular weight is 517 g/mol. The van der Waals surface area contributed by atoms with Gasteiger partial charge in [-0.2, -0.15) is 0 Å². The molecular weight excluding hydrogens is 458 g/mol. The predicted molar refractivity (Wildman–Crippen MR) is 145 cm³/mol. The Morgan fingerprint density at radius 3 is 1.94 bits per heavy atom. The first-order valence-corrected chi connectivity index (χ1v) is 14.3. The van der Waals surface area contributed by atoms with E-state index in [0.717, 1.165) is 44.9 Å². The monoisotopic (exact) mass is 516 g/mol. The number of hydrogen-bond acceptors (Lipinski definition) is 5. The van der Waals surface area contributed by atoms with Crippen molar-refractivity contribution in [3.05, 3.63) is 0 Å². The first-order chi connectivity index (χ1) is 18.5. The van der Waals surface area contributed by atoms with Crippen LogP contribution >= 0.6 is 0 Å². The number of rotatable bonds is 25. The maximum atomic E-state index is 13.0. The first-order valence-electron chi connectivity index (χ1n) is 15.8. The number of carboxylic acids is 1. The predicted octanol–water partition coefficient (Wildman–Crippen LogP) is 6.40. The Hall–Kier alpha value is -1.63. The number of carboxylic acid groups (broad SMARTS) is 1. The minimum atomic E-state index is -2.29. The van der Waals surface area contributed by atoms with Crippen LogP contribution in [0.15, 0.2) is 0 Å². The summed E-state index contributed by atoms with van der Waals surface area (Å²) >= 11 is 0. The van der Waals surface area contributed by atoms with E-state index in [1.807, 2.05) is 0 Å². The van der Waals surface area contributed by atoms with Crippen LogP contribution in [-0.4, -0.2) is 46.8 Å². The number of ether oxygens (including phenoxy) is 1. The van der Waals surface area contributed by atoms with Crippen molar-refractivity contribution in [1.29, 1.82) is 0 Å². The highest BCUT2D eigenvalue weighted by molar-refractivity contribution is 5.78. The first kappa shape index (κ1) is 28.9. The van der Waals surface area contributed by atoms with E-state index < -0.39 is 48.9 Å². The Balaban J connectivity index is 5.23.